The van der Waals surface area contributed by atoms with Gasteiger partial charge in [-0.1, -0.05) is 11.6 Å². The van der Waals surface area contributed by atoms with Crippen LogP contribution in [0.2, 0.25) is 5.15 Å². The van der Waals surface area contributed by atoms with Crippen molar-refractivity contribution in [2.75, 3.05) is 5.75 Å². The average Bonchev–Trinajstić information content (AvgIpc) is 2.07. The van der Waals surface area contributed by atoms with Gasteiger partial charge in [0.15, 0.2) is 0 Å². The van der Waals surface area contributed by atoms with Crippen molar-refractivity contribution in [1.29, 1.82) is 0 Å². The van der Waals surface area contributed by atoms with Crippen LogP contribution in [0.1, 0.15) is 0 Å². The van der Waals surface area contributed by atoms with Crippen molar-refractivity contribution >= 4 is 23.4 Å². The zero-order valence-corrected chi connectivity index (χ0v) is 9.25. The number of hydrogen-bond donors (Lipinski definition) is 1. The molecule has 0 aliphatic carbocycles. The third-order valence-corrected chi connectivity index (χ3v) is 2.49. The van der Waals surface area contributed by atoms with E-state index >= 15 is 0 Å². The summed E-state index contributed by atoms with van der Waals surface area (Å²) < 4.78 is 36.0. The Hall–Kier alpha value is -0.890. The van der Waals surface area contributed by atoms with E-state index in [-0.39, 0.29) is 23.5 Å². The van der Waals surface area contributed by atoms with Crippen LogP contribution in [-0.2, 0) is 6.54 Å². The molecule has 0 amide bonds. The van der Waals surface area contributed by atoms with E-state index in [1.165, 1.54) is 0 Å². The molecule has 0 fully saturated rings. The van der Waals surface area contributed by atoms with E-state index in [0.29, 0.717) is 4.57 Å². The predicted molar refractivity (Wildman–Crippen MR) is 54.8 cm³/mol. The van der Waals surface area contributed by atoms with Gasteiger partial charge in [-0.05, 0) is 11.8 Å². The summed E-state index contributed by atoms with van der Waals surface area (Å²) in [6.07, 6.45) is 0. The number of H-pyrrole nitrogens is 1. The number of halogens is 4. The lowest BCUT2D eigenvalue weighted by molar-refractivity contribution is -0.0328. The van der Waals surface area contributed by atoms with Crippen LogP contribution >= 0.6 is 23.4 Å². The maximum atomic E-state index is 11.8. The summed E-state index contributed by atoms with van der Waals surface area (Å²) in [5.41, 5.74) is -5.92. The van der Waals surface area contributed by atoms with Crippen molar-refractivity contribution in [3.8, 4) is 0 Å². The molecular weight excluding hydrogens is 269 g/mol. The first-order valence-electron chi connectivity index (χ1n) is 4.00. The Bertz CT molecular complexity index is 450. The Morgan fingerprint density at radius 3 is 2.56 bits per heavy atom. The summed E-state index contributed by atoms with van der Waals surface area (Å²) in [7, 11) is 0. The maximum Gasteiger partial charge on any atom is 0.441 e. The SMILES string of the molecule is O=c1cc(Cl)[nH]c(=O)n1CCSC(F)(F)F. The predicted octanol–water partition coefficient (Wildman–Crippen LogP) is 1.44. The average molecular weight is 275 g/mol. The Balaban J connectivity index is 2.76. The Morgan fingerprint density at radius 1 is 1.44 bits per heavy atom. The lowest BCUT2D eigenvalue weighted by atomic mass is 10.6. The van der Waals surface area contributed by atoms with Gasteiger partial charge in [-0.25, -0.2) is 4.79 Å². The molecule has 1 rings (SSSR count). The summed E-state index contributed by atoms with van der Waals surface area (Å²) in [5.74, 6) is -0.409. The highest BCUT2D eigenvalue weighted by Gasteiger charge is 2.27. The van der Waals surface area contributed by atoms with Crippen LogP contribution in [0.25, 0.3) is 0 Å². The second-order valence-electron chi connectivity index (χ2n) is 2.71. The fourth-order valence-electron chi connectivity index (χ4n) is 0.957. The van der Waals surface area contributed by atoms with Crippen molar-refractivity contribution < 1.29 is 13.2 Å². The van der Waals surface area contributed by atoms with Gasteiger partial charge in [-0.15, -0.1) is 0 Å². The van der Waals surface area contributed by atoms with Gasteiger partial charge in [-0.3, -0.25) is 14.3 Å². The number of alkyl halides is 3. The van der Waals surface area contributed by atoms with Gasteiger partial charge >= 0.3 is 11.2 Å². The molecule has 0 radical (unpaired) electrons. The van der Waals surface area contributed by atoms with E-state index in [2.05, 4.69) is 4.98 Å². The third-order valence-electron chi connectivity index (χ3n) is 1.57. The molecule has 4 nitrogen and oxygen atoms in total. The highest BCUT2D eigenvalue weighted by atomic mass is 35.5. The number of nitrogens with zero attached hydrogens (tertiary/aromatic N) is 1. The van der Waals surface area contributed by atoms with E-state index in [1.807, 2.05) is 0 Å². The van der Waals surface area contributed by atoms with E-state index in [0.717, 1.165) is 6.07 Å². The molecule has 1 aromatic rings. The molecule has 0 unspecified atom stereocenters. The van der Waals surface area contributed by atoms with Gasteiger partial charge in [-0.2, -0.15) is 13.2 Å². The van der Waals surface area contributed by atoms with Crippen LogP contribution in [0.3, 0.4) is 0 Å². The van der Waals surface area contributed by atoms with E-state index < -0.39 is 22.5 Å². The summed E-state index contributed by atoms with van der Waals surface area (Å²) in [5, 5.41) is -0.144. The number of rotatable bonds is 3. The lowest BCUT2D eigenvalue weighted by Crippen LogP contribution is -2.35. The molecule has 0 saturated heterocycles. The van der Waals surface area contributed by atoms with Crippen LogP contribution in [0.4, 0.5) is 13.2 Å². The molecule has 90 valence electrons. The van der Waals surface area contributed by atoms with Crippen LogP contribution in [0.5, 0.6) is 0 Å². The summed E-state index contributed by atoms with van der Waals surface area (Å²) in [6.45, 7) is -0.324. The van der Waals surface area contributed by atoms with Gasteiger partial charge < -0.3 is 0 Å². The quantitative estimate of drug-likeness (QED) is 0.849. The van der Waals surface area contributed by atoms with Crippen LogP contribution in [0.15, 0.2) is 15.7 Å². The molecule has 1 aromatic heterocycles. The monoisotopic (exact) mass is 274 g/mol. The molecule has 9 heteroatoms. The fourth-order valence-corrected chi connectivity index (χ4v) is 1.64. The largest absolute Gasteiger partial charge is 0.441 e. The highest BCUT2D eigenvalue weighted by Crippen LogP contribution is 2.29. The molecule has 0 saturated carbocycles. The third kappa shape index (κ3) is 3.93. The smallest absolute Gasteiger partial charge is 0.298 e. The van der Waals surface area contributed by atoms with Crippen molar-refractivity contribution in [2.45, 2.75) is 12.1 Å². The van der Waals surface area contributed by atoms with E-state index in [9.17, 15) is 22.8 Å². The normalized spacial score (nSPS) is 11.8. The Kier molecular flexibility index (Phi) is 4.09. The summed E-state index contributed by atoms with van der Waals surface area (Å²) in [6, 6.07) is 0.932. The van der Waals surface area contributed by atoms with Crippen molar-refractivity contribution in [3.63, 3.8) is 0 Å². The topological polar surface area (TPSA) is 54.9 Å². The summed E-state index contributed by atoms with van der Waals surface area (Å²) >= 11 is 5.08. The molecule has 0 spiro atoms. The number of thioether (sulfide) groups is 1. The molecule has 0 atom stereocenters. The van der Waals surface area contributed by atoms with Gasteiger partial charge in [0.05, 0.1) is 0 Å². The van der Waals surface area contributed by atoms with E-state index in [4.69, 9.17) is 11.6 Å². The standard InChI is InChI=1S/C7H6ClF3N2O2S/c8-4-3-5(14)13(6(15)12-4)1-2-16-7(9,10)11/h3H,1-2H2,(H,12,15). The number of hydrogen-bond acceptors (Lipinski definition) is 3. The molecule has 0 bridgehead atoms. The first kappa shape index (κ1) is 13.2. The van der Waals surface area contributed by atoms with Crippen LogP contribution in [0, 0.1) is 0 Å². The fraction of sp³-hybridized carbons (Fsp3) is 0.429. The first-order valence-corrected chi connectivity index (χ1v) is 5.36. The number of aromatic amines is 1. The van der Waals surface area contributed by atoms with Gasteiger partial charge in [0.2, 0.25) is 0 Å². The first-order chi connectivity index (χ1) is 7.29. The van der Waals surface area contributed by atoms with E-state index in [1.54, 1.807) is 0 Å². The maximum absolute atomic E-state index is 11.8. The zero-order valence-electron chi connectivity index (χ0n) is 7.68. The van der Waals surface area contributed by atoms with Crippen molar-refractivity contribution in [3.05, 3.63) is 32.1 Å². The van der Waals surface area contributed by atoms with Crippen molar-refractivity contribution in [2.24, 2.45) is 0 Å². The molecular formula is C7H6ClF3N2O2S. The molecule has 16 heavy (non-hydrogen) atoms. The number of nitrogens with one attached hydrogen (secondary N) is 1. The molecule has 0 aromatic carbocycles. The minimum absolute atomic E-state index is 0.144. The lowest BCUT2D eigenvalue weighted by Gasteiger charge is -2.06. The Labute approximate surface area is 96.4 Å². The van der Waals surface area contributed by atoms with Crippen molar-refractivity contribution in [1.82, 2.24) is 9.55 Å². The Morgan fingerprint density at radius 2 is 2.06 bits per heavy atom. The summed E-state index contributed by atoms with van der Waals surface area (Å²) in [4.78, 5) is 24.4. The minimum atomic E-state index is -4.37. The zero-order chi connectivity index (χ0) is 12.3. The van der Waals surface area contributed by atoms with Gasteiger partial charge in [0.1, 0.15) is 5.15 Å². The molecule has 1 N–H and O–H groups in total. The van der Waals surface area contributed by atoms with Crippen LogP contribution < -0.4 is 11.2 Å². The van der Waals surface area contributed by atoms with Gasteiger partial charge in [0.25, 0.3) is 5.56 Å². The van der Waals surface area contributed by atoms with Crippen LogP contribution in [-0.4, -0.2) is 20.8 Å². The number of aromatic nitrogens is 2. The van der Waals surface area contributed by atoms with Gasteiger partial charge in [0, 0.05) is 18.4 Å². The molecule has 0 aliphatic rings. The second-order valence-corrected chi connectivity index (χ2v) is 4.27. The highest BCUT2D eigenvalue weighted by molar-refractivity contribution is 8.00. The molecule has 0 aliphatic heterocycles. The minimum Gasteiger partial charge on any atom is -0.298 e. The molecule has 1 heterocycles. The second kappa shape index (κ2) is 4.96.